The average Bonchev–Trinajstić information content (AvgIpc) is 3.25. The van der Waals surface area contributed by atoms with Crippen molar-refractivity contribution in [2.75, 3.05) is 14.2 Å². The van der Waals surface area contributed by atoms with Crippen molar-refractivity contribution in [2.45, 2.75) is 13.2 Å². The third-order valence-electron chi connectivity index (χ3n) is 3.97. The summed E-state index contributed by atoms with van der Waals surface area (Å²) in [6, 6.07) is 10.9. The van der Waals surface area contributed by atoms with Crippen LogP contribution in [0.3, 0.4) is 0 Å². The third kappa shape index (κ3) is 6.01. The number of aromatic nitrogens is 2. The Morgan fingerprint density at radius 3 is 2.52 bits per heavy atom. The number of esters is 1. The number of ether oxygens (including phenoxy) is 4. The van der Waals surface area contributed by atoms with Gasteiger partial charge in [0.15, 0.2) is 6.61 Å². The Morgan fingerprint density at radius 2 is 1.84 bits per heavy atom. The maximum Gasteiger partial charge on any atom is 0.387 e. The molecule has 1 heterocycles. The lowest BCUT2D eigenvalue weighted by atomic mass is 10.2. The van der Waals surface area contributed by atoms with Crippen molar-refractivity contribution in [2.24, 2.45) is 0 Å². The second-order valence-corrected chi connectivity index (χ2v) is 5.97. The summed E-state index contributed by atoms with van der Waals surface area (Å²) in [4.78, 5) is 16.1. The van der Waals surface area contributed by atoms with Crippen LogP contribution in [0.1, 0.15) is 11.5 Å². The number of alkyl halides is 2. The fraction of sp³-hybridized carbons (Fsp3) is 0.190. The van der Waals surface area contributed by atoms with Crippen LogP contribution in [0.5, 0.6) is 17.2 Å². The first-order chi connectivity index (χ1) is 15.0. The molecule has 0 aliphatic carbocycles. The molecule has 0 aliphatic heterocycles. The predicted octanol–water partition coefficient (Wildman–Crippen LogP) is 4.11. The van der Waals surface area contributed by atoms with Crippen molar-refractivity contribution in [1.82, 2.24) is 10.1 Å². The van der Waals surface area contributed by atoms with E-state index in [2.05, 4.69) is 14.9 Å². The Kier molecular flexibility index (Phi) is 7.15. The van der Waals surface area contributed by atoms with E-state index < -0.39 is 12.6 Å². The minimum atomic E-state index is -2.90. The highest BCUT2D eigenvalue weighted by Crippen LogP contribution is 2.31. The maximum atomic E-state index is 12.1. The van der Waals surface area contributed by atoms with Crippen molar-refractivity contribution in [3.8, 4) is 28.6 Å². The summed E-state index contributed by atoms with van der Waals surface area (Å²) in [6.07, 6.45) is 2.66. The van der Waals surface area contributed by atoms with Gasteiger partial charge in [0.1, 0.15) is 17.2 Å². The van der Waals surface area contributed by atoms with Gasteiger partial charge in [-0.25, -0.2) is 4.79 Å². The van der Waals surface area contributed by atoms with E-state index in [0.717, 1.165) is 0 Å². The number of benzene rings is 2. The summed E-state index contributed by atoms with van der Waals surface area (Å²) in [7, 11) is 3.05. The van der Waals surface area contributed by atoms with E-state index in [4.69, 9.17) is 18.7 Å². The molecule has 3 rings (SSSR count). The molecule has 0 spiro atoms. The molecule has 0 radical (unpaired) electrons. The molecule has 162 valence electrons. The molecular weight excluding hydrogens is 414 g/mol. The molecule has 0 unspecified atom stereocenters. The molecule has 0 saturated carbocycles. The van der Waals surface area contributed by atoms with Crippen molar-refractivity contribution in [1.29, 1.82) is 0 Å². The molecule has 0 N–H and O–H groups in total. The van der Waals surface area contributed by atoms with E-state index in [-0.39, 0.29) is 24.1 Å². The van der Waals surface area contributed by atoms with Crippen molar-refractivity contribution in [3.05, 3.63) is 60.0 Å². The van der Waals surface area contributed by atoms with E-state index in [0.29, 0.717) is 22.6 Å². The fourth-order valence-corrected chi connectivity index (χ4v) is 2.51. The van der Waals surface area contributed by atoms with Crippen LogP contribution >= 0.6 is 0 Å². The van der Waals surface area contributed by atoms with E-state index in [1.165, 1.54) is 43.5 Å². The van der Waals surface area contributed by atoms with Gasteiger partial charge in [-0.2, -0.15) is 13.8 Å². The summed E-state index contributed by atoms with van der Waals surface area (Å²) < 4.78 is 49.2. The van der Waals surface area contributed by atoms with Gasteiger partial charge in [-0.1, -0.05) is 17.3 Å². The summed E-state index contributed by atoms with van der Waals surface area (Å²) in [5.41, 5.74) is 1.19. The van der Waals surface area contributed by atoms with Crippen LogP contribution in [0.2, 0.25) is 0 Å². The van der Waals surface area contributed by atoms with E-state index >= 15 is 0 Å². The van der Waals surface area contributed by atoms with Crippen LogP contribution in [0.15, 0.2) is 53.1 Å². The van der Waals surface area contributed by atoms with Gasteiger partial charge >= 0.3 is 12.6 Å². The first-order valence-electron chi connectivity index (χ1n) is 8.93. The summed E-state index contributed by atoms with van der Waals surface area (Å²) in [6.45, 7) is -3.12. The van der Waals surface area contributed by atoms with Gasteiger partial charge in [0, 0.05) is 12.1 Å². The normalized spacial score (nSPS) is 11.0. The highest BCUT2D eigenvalue weighted by molar-refractivity contribution is 5.87. The Labute approximate surface area is 176 Å². The second kappa shape index (κ2) is 10.2. The molecule has 0 amide bonds. The minimum Gasteiger partial charge on any atom is -0.497 e. The highest BCUT2D eigenvalue weighted by Gasteiger charge is 2.15. The van der Waals surface area contributed by atoms with Crippen LogP contribution in [0.4, 0.5) is 8.78 Å². The fourth-order valence-electron chi connectivity index (χ4n) is 2.51. The van der Waals surface area contributed by atoms with Gasteiger partial charge < -0.3 is 23.5 Å². The van der Waals surface area contributed by atoms with Crippen LogP contribution < -0.4 is 14.2 Å². The van der Waals surface area contributed by atoms with Crippen LogP contribution in [-0.2, 0) is 16.1 Å². The molecule has 31 heavy (non-hydrogen) atoms. The SMILES string of the molecule is COc1ccc(-c2noc(COC(=O)C=Cc3ccc(OC(F)F)cc3)n2)c(OC)c1. The Bertz CT molecular complexity index is 1050. The van der Waals surface area contributed by atoms with E-state index in [9.17, 15) is 13.6 Å². The van der Waals surface area contributed by atoms with E-state index in [1.807, 2.05) is 0 Å². The number of methoxy groups -OCH3 is 2. The monoisotopic (exact) mass is 432 g/mol. The second-order valence-electron chi connectivity index (χ2n) is 5.97. The average molecular weight is 432 g/mol. The van der Waals surface area contributed by atoms with Gasteiger partial charge in [-0.3, -0.25) is 0 Å². The zero-order chi connectivity index (χ0) is 22.2. The largest absolute Gasteiger partial charge is 0.497 e. The van der Waals surface area contributed by atoms with Gasteiger partial charge in [-0.15, -0.1) is 0 Å². The number of carbonyl (C=O) groups excluding carboxylic acids is 1. The lowest BCUT2D eigenvalue weighted by Crippen LogP contribution is -2.01. The van der Waals surface area contributed by atoms with Crippen molar-refractivity contribution in [3.63, 3.8) is 0 Å². The van der Waals surface area contributed by atoms with Crippen LogP contribution in [-0.4, -0.2) is 36.9 Å². The standard InChI is InChI=1S/C21H18F2N2O6/c1-27-15-8-9-16(17(11-15)28-2)20-24-18(31-25-20)12-29-19(26)10-5-13-3-6-14(7-4-13)30-21(22)23/h3-11,21H,12H2,1-2H3. The quantitative estimate of drug-likeness (QED) is 0.368. The molecule has 0 atom stereocenters. The van der Waals surface area contributed by atoms with Gasteiger partial charge in [0.2, 0.25) is 5.82 Å². The van der Waals surface area contributed by atoms with E-state index in [1.54, 1.807) is 25.3 Å². The van der Waals surface area contributed by atoms with Gasteiger partial charge in [0.05, 0.1) is 19.8 Å². The molecule has 3 aromatic rings. The van der Waals surface area contributed by atoms with Crippen molar-refractivity contribution >= 4 is 12.0 Å². The molecular formula is C21H18F2N2O6. The molecule has 8 nitrogen and oxygen atoms in total. The molecule has 2 aromatic carbocycles. The van der Waals surface area contributed by atoms with Crippen LogP contribution in [0, 0.1) is 0 Å². The number of nitrogens with zero attached hydrogens (tertiary/aromatic N) is 2. The first kappa shape index (κ1) is 21.8. The van der Waals surface area contributed by atoms with Gasteiger partial charge in [-0.05, 0) is 35.9 Å². The minimum absolute atomic E-state index is 0.0235. The molecule has 0 fully saturated rings. The Morgan fingerprint density at radius 1 is 1.10 bits per heavy atom. The molecule has 1 aromatic heterocycles. The molecule has 0 bridgehead atoms. The Balaban J connectivity index is 1.57. The molecule has 10 heteroatoms. The number of hydrogen-bond acceptors (Lipinski definition) is 8. The van der Waals surface area contributed by atoms with Gasteiger partial charge in [0.25, 0.3) is 5.89 Å². The number of carbonyl (C=O) groups is 1. The number of hydrogen-bond donors (Lipinski definition) is 0. The van der Waals surface area contributed by atoms with Crippen LogP contribution in [0.25, 0.3) is 17.5 Å². The smallest absolute Gasteiger partial charge is 0.387 e. The zero-order valence-corrected chi connectivity index (χ0v) is 16.6. The first-order valence-corrected chi connectivity index (χ1v) is 8.93. The summed E-state index contributed by atoms with van der Waals surface area (Å²) >= 11 is 0. The Hall–Kier alpha value is -3.95. The third-order valence-corrected chi connectivity index (χ3v) is 3.97. The maximum absolute atomic E-state index is 12.1. The topological polar surface area (TPSA) is 92.9 Å². The lowest BCUT2D eigenvalue weighted by molar-refractivity contribution is -0.139. The zero-order valence-electron chi connectivity index (χ0n) is 16.6. The summed E-state index contributed by atoms with van der Waals surface area (Å²) in [5.74, 6) is 0.859. The predicted molar refractivity (Wildman–Crippen MR) is 105 cm³/mol. The van der Waals surface area contributed by atoms with Crippen molar-refractivity contribution < 1.29 is 37.0 Å². The lowest BCUT2D eigenvalue weighted by Gasteiger charge is -2.07. The highest BCUT2D eigenvalue weighted by atomic mass is 19.3. The molecule has 0 aliphatic rings. The summed E-state index contributed by atoms with van der Waals surface area (Å²) in [5, 5.41) is 3.87. The number of rotatable bonds is 9. The molecule has 0 saturated heterocycles. The number of halogens is 2.